The molecule has 0 bridgehead atoms. The normalized spacial score (nSPS) is 20.9. The third-order valence-electron chi connectivity index (χ3n) is 7.87. The quantitative estimate of drug-likeness (QED) is 0.243. The van der Waals surface area contributed by atoms with Gasteiger partial charge in [-0.3, -0.25) is 14.7 Å². The van der Waals surface area contributed by atoms with Gasteiger partial charge in [0.05, 0.1) is 18.1 Å². The minimum atomic E-state index is -0.257. The molecule has 9 nitrogen and oxygen atoms in total. The topological polar surface area (TPSA) is 105 Å². The number of aliphatic imine (C=N–C) groups is 1. The summed E-state index contributed by atoms with van der Waals surface area (Å²) in [7, 11) is 1.73. The van der Waals surface area contributed by atoms with Gasteiger partial charge >= 0.3 is 0 Å². The van der Waals surface area contributed by atoms with Gasteiger partial charge in [0.15, 0.2) is 5.82 Å². The van der Waals surface area contributed by atoms with Gasteiger partial charge in [0.25, 0.3) is 0 Å². The standard InChI is InChI=1S/C30H33FN6O3/c1-18-35-30(40-36-18)26-15-25(26)28(38)33-16-21-8-9-23(20-4-3-5-22(31)14-20)24-10-12-37(17-27(21)24)13-11-34-39-29(32-2)19-6-7-19/h3-5,8-9,11,14,19,25-26H,6-7,10,12-13,15-17H2,1-2H3,(H,33,38)/b32-29-,34-11+. The maximum atomic E-state index is 14.1. The predicted molar refractivity (Wildman–Crippen MR) is 148 cm³/mol. The minimum Gasteiger partial charge on any atom is -0.352 e. The summed E-state index contributed by atoms with van der Waals surface area (Å²) in [4.78, 5) is 29.2. The number of benzene rings is 2. The van der Waals surface area contributed by atoms with Gasteiger partial charge in [-0.05, 0) is 72.6 Å². The predicted octanol–water partition coefficient (Wildman–Crippen LogP) is 4.40. The Morgan fingerprint density at radius 3 is 2.90 bits per heavy atom. The maximum Gasteiger partial charge on any atom is 0.230 e. The van der Waals surface area contributed by atoms with E-state index in [4.69, 9.17) is 9.36 Å². The van der Waals surface area contributed by atoms with E-state index in [2.05, 4.69) is 30.5 Å². The Labute approximate surface area is 232 Å². The van der Waals surface area contributed by atoms with Crippen LogP contribution in [-0.2, 0) is 29.1 Å². The molecule has 2 aliphatic carbocycles. The van der Waals surface area contributed by atoms with E-state index in [-0.39, 0.29) is 23.6 Å². The van der Waals surface area contributed by atoms with Crippen molar-refractivity contribution in [3.8, 4) is 11.1 Å². The molecule has 2 heterocycles. The number of fused-ring (bicyclic) bond motifs is 1. The Kier molecular flexibility index (Phi) is 7.42. The summed E-state index contributed by atoms with van der Waals surface area (Å²) in [6.45, 7) is 4.35. The van der Waals surface area contributed by atoms with E-state index in [1.807, 2.05) is 18.2 Å². The van der Waals surface area contributed by atoms with Crippen LogP contribution < -0.4 is 5.32 Å². The van der Waals surface area contributed by atoms with Gasteiger partial charge in [0, 0.05) is 39.1 Å². The average Bonchev–Trinajstić information content (AvgIpc) is 3.90. The van der Waals surface area contributed by atoms with E-state index in [1.165, 1.54) is 11.6 Å². The van der Waals surface area contributed by atoms with E-state index >= 15 is 0 Å². The van der Waals surface area contributed by atoms with E-state index in [1.54, 1.807) is 32.3 Å². The van der Waals surface area contributed by atoms with Crippen molar-refractivity contribution in [1.82, 2.24) is 20.4 Å². The number of hydrogen-bond acceptors (Lipinski definition) is 8. The summed E-state index contributed by atoms with van der Waals surface area (Å²) >= 11 is 0. The number of aryl methyl sites for hydroxylation is 1. The van der Waals surface area contributed by atoms with Crippen LogP contribution in [0.15, 0.2) is 51.1 Å². The number of rotatable bonds is 9. The summed E-state index contributed by atoms with van der Waals surface area (Å²) in [5.41, 5.74) is 5.31. The van der Waals surface area contributed by atoms with Crippen molar-refractivity contribution < 1.29 is 18.5 Å². The number of nitrogens with zero attached hydrogens (tertiary/aromatic N) is 5. The third-order valence-corrected chi connectivity index (χ3v) is 7.87. The van der Waals surface area contributed by atoms with Gasteiger partial charge in [-0.15, -0.1) is 0 Å². The molecule has 208 valence electrons. The number of oxime groups is 1. The number of aromatic nitrogens is 2. The molecule has 10 heteroatoms. The van der Waals surface area contributed by atoms with Crippen LogP contribution >= 0.6 is 0 Å². The molecule has 0 radical (unpaired) electrons. The molecule has 1 N–H and O–H groups in total. The first-order valence-corrected chi connectivity index (χ1v) is 13.9. The fourth-order valence-electron chi connectivity index (χ4n) is 5.45. The molecule has 1 aromatic heterocycles. The molecule has 1 amide bonds. The van der Waals surface area contributed by atoms with Crippen LogP contribution in [0.25, 0.3) is 11.1 Å². The second kappa shape index (κ2) is 11.3. The van der Waals surface area contributed by atoms with Gasteiger partial charge < -0.3 is 14.7 Å². The molecular weight excluding hydrogens is 511 g/mol. The van der Waals surface area contributed by atoms with Crippen LogP contribution in [-0.4, -0.2) is 53.2 Å². The largest absolute Gasteiger partial charge is 0.352 e. The Hall–Kier alpha value is -3.92. The van der Waals surface area contributed by atoms with Crippen molar-refractivity contribution in [2.24, 2.45) is 22.0 Å². The molecule has 40 heavy (non-hydrogen) atoms. The van der Waals surface area contributed by atoms with Crippen molar-refractivity contribution >= 4 is 18.0 Å². The van der Waals surface area contributed by atoms with E-state index in [9.17, 15) is 9.18 Å². The van der Waals surface area contributed by atoms with Crippen molar-refractivity contribution in [1.29, 1.82) is 0 Å². The molecule has 2 aromatic carbocycles. The molecule has 2 unspecified atom stereocenters. The van der Waals surface area contributed by atoms with Crippen LogP contribution in [0.4, 0.5) is 4.39 Å². The summed E-state index contributed by atoms with van der Waals surface area (Å²) in [6, 6.07) is 10.8. The second-order valence-corrected chi connectivity index (χ2v) is 10.8. The zero-order chi connectivity index (χ0) is 27.6. The van der Waals surface area contributed by atoms with Crippen LogP contribution in [0.1, 0.15) is 53.6 Å². The monoisotopic (exact) mass is 544 g/mol. The van der Waals surface area contributed by atoms with Crippen LogP contribution in [0.2, 0.25) is 0 Å². The van der Waals surface area contributed by atoms with Crippen LogP contribution in [0.5, 0.6) is 0 Å². The van der Waals surface area contributed by atoms with Gasteiger partial charge in [-0.25, -0.2) is 4.39 Å². The first kappa shape index (κ1) is 26.3. The Bertz CT molecular complexity index is 1460. The zero-order valence-corrected chi connectivity index (χ0v) is 22.8. The maximum absolute atomic E-state index is 14.1. The molecule has 2 fully saturated rings. The number of carbonyl (C=O) groups excluding carboxylic acids is 1. The van der Waals surface area contributed by atoms with E-state index < -0.39 is 0 Å². The molecule has 3 aromatic rings. The molecule has 0 saturated heterocycles. The molecule has 0 spiro atoms. The molecule has 1 aliphatic heterocycles. The highest BCUT2D eigenvalue weighted by Gasteiger charge is 2.47. The fourth-order valence-corrected chi connectivity index (χ4v) is 5.45. The highest BCUT2D eigenvalue weighted by atomic mass is 19.1. The second-order valence-electron chi connectivity index (χ2n) is 10.8. The summed E-state index contributed by atoms with van der Waals surface area (Å²) in [5.74, 6) is 1.79. The van der Waals surface area contributed by atoms with E-state index in [0.29, 0.717) is 49.6 Å². The average molecular weight is 545 g/mol. The smallest absolute Gasteiger partial charge is 0.230 e. The number of amides is 1. The van der Waals surface area contributed by atoms with Crippen LogP contribution in [0.3, 0.4) is 0 Å². The fraction of sp³-hybridized carbons (Fsp3) is 0.433. The molecule has 2 atom stereocenters. The SMILES string of the molecule is C/N=C(\O/N=C/CN1CCc2c(-c3cccc(F)c3)ccc(CNC(=O)C3CC3c3nc(C)no3)c2C1)C1CC1. The Balaban J connectivity index is 1.16. The van der Waals surface area contributed by atoms with E-state index in [0.717, 1.165) is 48.1 Å². The zero-order valence-electron chi connectivity index (χ0n) is 22.8. The van der Waals surface area contributed by atoms with Gasteiger partial charge in [0.2, 0.25) is 17.7 Å². The number of carbonyl (C=O) groups is 1. The first-order valence-electron chi connectivity index (χ1n) is 13.9. The molecule has 2 saturated carbocycles. The van der Waals surface area contributed by atoms with Gasteiger partial charge in [0.1, 0.15) is 5.82 Å². The van der Waals surface area contributed by atoms with Crippen molar-refractivity contribution in [2.75, 3.05) is 20.1 Å². The molecular formula is C30H33FN6O3. The lowest BCUT2D eigenvalue weighted by Crippen LogP contribution is -2.34. The first-order chi connectivity index (χ1) is 19.5. The number of hydrogen-bond donors (Lipinski definition) is 1. The minimum absolute atomic E-state index is 0.00943. The third kappa shape index (κ3) is 5.82. The Morgan fingerprint density at radius 2 is 2.15 bits per heavy atom. The number of nitrogens with one attached hydrogen (secondary N) is 1. The highest BCUT2D eigenvalue weighted by Crippen LogP contribution is 2.47. The Morgan fingerprint density at radius 1 is 1.27 bits per heavy atom. The van der Waals surface area contributed by atoms with Crippen molar-refractivity contribution in [3.63, 3.8) is 0 Å². The van der Waals surface area contributed by atoms with Gasteiger partial charge in [-0.1, -0.05) is 34.6 Å². The lowest BCUT2D eigenvalue weighted by atomic mass is 9.87. The molecule has 3 aliphatic rings. The van der Waals surface area contributed by atoms with Crippen LogP contribution in [0, 0.1) is 24.6 Å². The number of halogens is 1. The van der Waals surface area contributed by atoms with Gasteiger partial charge in [-0.2, -0.15) is 4.98 Å². The lowest BCUT2D eigenvalue weighted by Gasteiger charge is -2.31. The molecule has 6 rings (SSSR count). The summed E-state index contributed by atoms with van der Waals surface area (Å²) in [5, 5.41) is 11.1. The van der Waals surface area contributed by atoms with Crippen molar-refractivity contribution in [3.05, 3.63) is 70.6 Å². The highest BCUT2D eigenvalue weighted by molar-refractivity contribution is 5.83. The van der Waals surface area contributed by atoms with Crippen molar-refractivity contribution in [2.45, 2.75) is 51.6 Å². The summed E-state index contributed by atoms with van der Waals surface area (Å²) in [6.07, 6.45) is 5.52. The lowest BCUT2D eigenvalue weighted by molar-refractivity contribution is -0.122. The summed E-state index contributed by atoms with van der Waals surface area (Å²) < 4.78 is 19.3.